The summed E-state index contributed by atoms with van der Waals surface area (Å²) in [5.41, 5.74) is 0.536. The number of para-hydroxylation sites is 1. The molecule has 0 N–H and O–H groups in total. The second kappa shape index (κ2) is 7.94. The van der Waals surface area contributed by atoms with Crippen LogP contribution in [0.15, 0.2) is 45.7 Å². The monoisotopic (exact) mass is 368 g/mol. The quantitative estimate of drug-likeness (QED) is 0.617. The van der Waals surface area contributed by atoms with Gasteiger partial charge in [-0.05, 0) is 32.4 Å². The Labute approximate surface area is 155 Å². The molecule has 0 bridgehead atoms. The van der Waals surface area contributed by atoms with E-state index in [2.05, 4.69) is 15.2 Å². The molecule has 0 aliphatic carbocycles. The van der Waals surface area contributed by atoms with Crippen molar-refractivity contribution in [1.29, 1.82) is 0 Å². The van der Waals surface area contributed by atoms with Gasteiger partial charge in [0.1, 0.15) is 0 Å². The molecule has 27 heavy (non-hydrogen) atoms. The van der Waals surface area contributed by atoms with E-state index in [0.717, 1.165) is 12.1 Å². The van der Waals surface area contributed by atoms with Crippen molar-refractivity contribution >= 4 is 5.97 Å². The van der Waals surface area contributed by atoms with Crippen molar-refractivity contribution in [2.24, 2.45) is 0 Å². The van der Waals surface area contributed by atoms with E-state index in [9.17, 15) is 9.59 Å². The highest BCUT2D eigenvalue weighted by Gasteiger charge is 2.23. The van der Waals surface area contributed by atoms with Gasteiger partial charge in [0.15, 0.2) is 11.9 Å². The number of hydrogen-bond donors (Lipinski definition) is 0. The summed E-state index contributed by atoms with van der Waals surface area (Å²) in [6.45, 7) is 5.35. The average Bonchev–Trinajstić information content (AvgIpc) is 3.11. The summed E-state index contributed by atoms with van der Waals surface area (Å²) in [4.78, 5) is 28.9. The van der Waals surface area contributed by atoms with Gasteiger partial charge in [-0.1, -0.05) is 30.3 Å². The Morgan fingerprint density at radius 3 is 2.74 bits per heavy atom. The number of esters is 1. The van der Waals surface area contributed by atoms with Crippen LogP contribution in [0.3, 0.4) is 0 Å². The Morgan fingerprint density at radius 1 is 1.30 bits per heavy atom. The number of aromatic nitrogens is 4. The largest absolute Gasteiger partial charge is 0.448 e. The standard InChI is InChI=1S/C19H20N4O4/c1-4-8-16-20-18(27-22-16)13(3)26-19(25)17-15(24)11-12(2)23(21-17)14-9-6-5-7-10-14/h5-7,9-11,13H,4,8H2,1-3H3. The van der Waals surface area contributed by atoms with Crippen LogP contribution >= 0.6 is 0 Å². The summed E-state index contributed by atoms with van der Waals surface area (Å²) in [6.07, 6.45) is 0.758. The molecule has 0 amide bonds. The lowest BCUT2D eigenvalue weighted by atomic mass is 10.3. The van der Waals surface area contributed by atoms with Crippen molar-refractivity contribution < 1.29 is 14.1 Å². The molecule has 0 saturated carbocycles. The van der Waals surface area contributed by atoms with Crippen LogP contribution in [-0.4, -0.2) is 25.9 Å². The Balaban J connectivity index is 1.84. The number of aryl methyl sites for hydroxylation is 2. The van der Waals surface area contributed by atoms with Crippen molar-refractivity contribution in [3.05, 3.63) is 69.7 Å². The molecule has 1 unspecified atom stereocenters. The molecule has 0 radical (unpaired) electrons. The minimum absolute atomic E-state index is 0.183. The summed E-state index contributed by atoms with van der Waals surface area (Å²) < 4.78 is 12.0. The van der Waals surface area contributed by atoms with Gasteiger partial charge in [-0.15, -0.1) is 0 Å². The molecule has 2 heterocycles. The highest BCUT2D eigenvalue weighted by atomic mass is 16.6. The van der Waals surface area contributed by atoms with E-state index in [1.54, 1.807) is 13.8 Å². The lowest BCUT2D eigenvalue weighted by molar-refractivity contribution is 0.0254. The summed E-state index contributed by atoms with van der Waals surface area (Å²) >= 11 is 0. The third-order valence-electron chi connectivity index (χ3n) is 3.89. The fraction of sp³-hybridized carbons (Fsp3) is 0.316. The molecule has 8 heteroatoms. The van der Waals surface area contributed by atoms with Crippen molar-refractivity contribution in [3.63, 3.8) is 0 Å². The molecule has 8 nitrogen and oxygen atoms in total. The Morgan fingerprint density at radius 2 is 2.04 bits per heavy atom. The molecule has 1 atom stereocenters. The van der Waals surface area contributed by atoms with E-state index in [4.69, 9.17) is 9.26 Å². The lowest BCUT2D eigenvalue weighted by Gasteiger charge is -2.12. The molecular formula is C19H20N4O4. The summed E-state index contributed by atoms with van der Waals surface area (Å²) in [5, 5.41) is 8.02. The molecule has 3 aromatic rings. The van der Waals surface area contributed by atoms with Crippen LogP contribution in [0.4, 0.5) is 0 Å². The lowest BCUT2D eigenvalue weighted by Crippen LogP contribution is -2.25. The summed E-state index contributed by atoms with van der Waals surface area (Å²) in [7, 11) is 0. The van der Waals surface area contributed by atoms with Crippen LogP contribution in [0, 0.1) is 6.92 Å². The molecule has 140 valence electrons. The van der Waals surface area contributed by atoms with Crippen LogP contribution in [0.2, 0.25) is 0 Å². The highest BCUT2D eigenvalue weighted by molar-refractivity contribution is 5.87. The molecule has 0 spiro atoms. The van der Waals surface area contributed by atoms with Crippen molar-refractivity contribution in [2.45, 2.75) is 39.7 Å². The van der Waals surface area contributed by atoms with Gasteiger partial charge in [-0.2, -0.15) is 10.1 Å². The third kappa shape index (κ3) is 4.11. The van der Waals surface area contributed by atoms with E-state index in [1.807, 2.05) is 37.3 Å². The number of benzene rings is 1. The number of nitrogens with zero attached hydrogens (tertiary/aromatic N) is 4. The van der Waals surface area contributed by atoms with Gasteiger partial charge >= 0.3 is 5.97 Å². The smallest absolute Gasteiger partial charge is 0.363 e. The van der Waals surface area contributed by atoms with E-state index in [1.165, 1.54) is 10.7 Å². The maximum atomic E-state index is 12.5. The van der Waals surface area contributed by atoms with Crippen LogP contribution < -0.4 is 5.43 Å². The highest BCUT2D eigenvalue weighted by Crippen LogP contribution is 2.16. The predicted molar refractivity (Wildman–Crippen MR) is 96.7 cm³/mol. The SMILES string of the molecule is CCCc1noc(C(C)OC(=O)c2nn(-c3ccccc3)c(C)cc2=O)n1. The van der Waals surface area contributed by atoms with Crippen molar-refractivity contribution in [3.8, 4) is 5.69 Å². The fourth-order valence-electron chi connectivity index (χ4n) is 2.54. The first-order valence-corrected chi connectivity index (χ1v) is 8.69. The number of hydrogen-bond acceptors (Lipinski definition) is 7. The molecule has 3 rings (SSSR count). The predicted octanol–water partition coefficient (Wildman–Crippen LogP) is 2.79. The molecule has 2 aromatic heterocycles. The molecule has 1 aromatic carbocycles. The number of carbonyl (C=O) groups is 1. The van der Waals surface area contributed by atoms with E-state index in [-0.39, 0.29) is 11.6 Å². The van der Waals surface area contributed by atoms with Gasteiger partial charge in [0.2, 0.25) is 11.1 Å². The number of ether oxygens (including phenoxy) is 1. The van der Waals surface area contributed by atoms with Gasteiger partial charge in [0, 0.05) is 18.2 Å². The van der Waals surface area contributed by atoms with Crippen LogP contribution in [0.1, 0.15) is 54.3 Å². The zero-order valence-electron chi connectivity index (χ0n) is 15.4. The minimum Gasteiger partial charge on any atom is -0.448 e. The zero-order valence-corrected chi connectivity index (χ0v) is 15.4. The first-order valence-electron chi connectivity index (χ1n) is 8.69. The Hall–Kier alpha value is -3.29. The van der Waals surface area contributed by atoms with Crippen LogP contribution in [0.5, 0.6) is 0 Å². The topological polar surface area (TPSA) is 100 Å². The Kier molecular flexibility index (Phi) is 5.44. The van der Waals surface area contributed by atoms with Crippen molar-refractivity contribution in [2.75, 3.05) is 0 Å². The van der Waals surface area contributed by atoms with Crippen LogP contribution in [-0.2, 0) is 11.2 Å². The molecule has 0 fully saturated rings. The fourth-order valence-corrected chi connectivity index (χ4v) is 2.54. The second-order valence-electron chi connectivity index (χ2n) is 6.09. The molecule has 0 saturated heterocycles. The number of carbonyl (C=O) groups excluding carboxylic acids is 1. The van der Waals surface area contributed by atoms with Gasteiger partial charge < -0.3 is 9.26 Å². The van der Waals surface area contributed by atoms with E-state index < -0.39 is 17.5 Å². The third-order valence-corrected chi connectivity index (χ3v) is 3.89. The first kappa shape index (κ1) is 18.5. The van der Waals surface area contributed by atoms with Gasteiger partial charge in [0.25, 0.3) is 5.89 Å². The van der Waals surface area contributed by atoms with Gasteiger partial charge in [-0.25, -0.2) is 9.48 Å². The zero-order chi connectivity index (χ0) is 19.4. The van der Waals surface area contributed by atoms with Gasteiger partial charge in [0.05, 0.1) is 5.69 Å². The average molecular weight is 368 g/mol. The second-order valence-corrected chi connectivity index (χ2v) is 6.09. The summed E-state index contributed by atoms with van der Waals surface area (Å²) in [5.74, 6) is -0.106. The van der Waals surface area contributed by atoms with Gasteiger partial charge in [-0.3, -0.25) is 4.79 Å². The maximum absolute atomic E-state index is 12.5. The summed E-state index contributed by atoms with van der Waals surface area (Å²) in [6, 6.07) is 10.6. The van der Waals surface area contributed by atoms with Crippen molar-refractivity contribution in [1.82, 2.24) is 19.9 Å². The number of rotatable bonds is 6. The molecule has 0 aliphatic rings. The molecular weight excluding hydrogens is 348 g/mol. The first-order chi connectivity index (χ1) is 13.0. The van der Waals surface area contributed by atoms with Crippen LogP contribution in [0.25, 0.3) is 5.69 Å². The Bertz CT molecular complexity index is 994. The normalized spacial score (nSPS) is 12.0. The minimum atomic E-state index is -0.840. The van der Waals surface area contributed by atoms with E-state index >= 15 is 0 Å². The molecule has 0 aliphatic heterocycles. The van der Waals surface area contributed by atoms with E-state index in [0.29, 0.717) is 17.9 Å². The maximum Gasteiger partial charge on any atom is 0.363 e.